The molecule has 4 rings (SSSR count). The van der Waals surface area contributed by atoms with E-state index in [4.69, 9.17) is 0 Å². The van der Waals surface area contributed by atoms with E-state index in [0.29, 0.717) is 44.3 Å². The number of likely N-dealkylation sites (tertiary alicyclic amines) is 1. The third-order valence-corrected chi connectivity index (χ3v) is 7.39. The molecule has 2 aromatic rings. The number of benzene rings is 2. The van der Waals surface area contributed by atoms with Gasteiger partial charge >= 0.3 is 6.18 Å². The topological polar surface area (TPSA) is 72.8 Å². The Morgan fingerprint density at radius 1 is 1.22 bits per heavy atom. The number of β-amino-alcohol motifs (C(OH)–C–C–N with tert-alkyl or cyclic N) is 1. The number of halogens is 3. The highest BCUT2D eigenvalue weighted by Crippen LogP contribution is 2.52. The maximum atomic E-state index is 12.7. The molecule has 0 radical (unpaired) electrons. The lowest BCUT2D eigenvalue weighted by Gasteiger charge is -2.58. The molecular formula is C28H29F3N2O3. The number of alkyl halides is 3. The Labute approximate surface area is 208 Å². The summed E-state index contributed by atoms with van der Waals surface area (Å²) >= 11 is 0. The first kappa shape index (κ1) is 25.8. The van der Waals surface area contributed by atoms with Gasteiger partial charge < -0.3 is 15.5 Å². The summed E-state index contributed by atoms with van der Waals surface area (Å²) < 4.78 is 38.2. The SMILES string of the molecule is C=CCN1CC[C@@]2(c3cccc(O)c3)C[C@@H](NC(=O)C#Cc3ccc(C(F)(F)F)cc3)CC[C@]2(O)C1. The van der Waals surface area contributed by atoms with Gasteiger partial charge in [-0.1, -0.05) is 24.1 Å². The molecule has 0 bridgehead atoms. The molecule has 1 aliphatic heterocycles. The molecule has 3 atom stereocenters. The minimum Gasteiger partial charge on any atom is -0.508 e. The predicted molar refractivity (Wildman–Crippen MR) is 130 cm³/mol. The Morgan fingerprint density at radius 2 is 1.97 bits per heavy atom. The van der Waals surface area contributed by atoms with E-state index in [-0.39, 0.29) is 11.8 Å². The van der Waals surface area contributed by atoms with E-state index in [1.807, 2.05) is 12.1 Å². The monoisotopic (exact) mass is 498 g/mol. The third-order valence-electron chi connectivity index (χ3n) is 7.39. The van der Waals surface area contributed by atoms with Gasteiger partial charge in [-0.3, -0.25) is 9.69 Å². The number of carbonyl (C=O) groups excluding carboxylic acids is 1. The van der Waals surface area contributed by atoms with Gasteiger partial charge in [0, 0.05) is 36.0 Å². The smallest absolute Gasteiger partial charge is 0.416 e. The summed E-state index contributed by atoms with van der Waals surface area (Å²) in [5.41, 5.74) is -1.35. The Morgan fingerprint density at radius 3 is 2.64 bits per heavy atom. The van der Waals surface area contributed by atoms with Gasteiger partial charge in [0.05, 0.1) is 11.2 Å². The summed E-state index contributed by atoms with van der Waals surface area (Å²) in [4.78, 5) is 14.8. The standard InChI is InChI=1S/C28H29F3N2O3/c1-2-15-33-16-14-26(22-4-3-5-24(34)17-22)18-23(12-13-27(26,36)19-33)32-25(35)11-8-20-6-9-21(10-7-20)28(29,30)31/h2-7,9-10,17,23,34,36H,1,12-16,18-19H2,(H,32,35)/t23-,26-,27-/m0/s1. The molecule has 36 heavy (non-hydrogen) atoms. The van der Waals surface area contributed by atoms with E-state index in [0.717, 1.165) is 24.2 Å². The van der Waals surface area contributed by atoms with Crippen LogP contribution in [0.25, 0.3) is 0 Å². The number of nitrogens with zero attached hydrogens (tertiary/aromatic N) is 1. The zero-order chi connectivity index (χ0) is 26.0. The van der Waals surface area contributed by atoms with Crippen molar-refractivity contribution in [3.05, 3.63) is 77.9 Å². The Balaban J connectivity index is 1.52. The molecule has 2 fully saturated rings. The number of nitrogens with one attached hydrogen (secondary N) is 1. The van der Waals surface area contributed by atoms with Crippen molar-refractivity contribution in [3.8, 4) is 17.6 Å². The van der Waals surface area contributed by atoms with Crippen LogP contribution in [-0.4, -0.2) is 52.3 Å². The van der Waals surface area contributed by atoms with Gasteiger partial charge in [-0.2, -0.15) is 13.2 Å². The Bertz CT molecular complexity index is 1190. The fourth-order valence-corrected chi connectivity index (χ4v) is 5.62. The van der Waals surface area contributed by atoms with Crippen LogP contribution in [0, 0.1) is 11.8 Å². The summed E-state index contributed by atoms with van der Waals surface area (Å²) in [5, 5.41) is 25.0. The van der Waals surface area contributed by atoms with Crippen LogP contribution in [0.5, 0.6) is 5.75 Å². The minimum atomic E-state index is -4.43. The second-order valence-corrected chi connectivity index (χ2v) is 9.68. The number of carbonyl (C=O) groups is 1. The summed E-state index contributed by atoms with van der Waals surface area (Å²) in [6.45, 7) is 5.66. The van der Waals surface area contributed by atoms with Crippen molar-refractivity contribution in [2.24, 2.45) is 0 Å². The van der Waals surface area contributed by atoms with Gasteiger partial charge in [-0.05, 0) is 74.2 Å². The lowest BCUT2D eigenvalue weighted by molar-refractivity contribution is -0.137. The van der Waals surface area contributed by atoms with E-state index in [9.17, 15) is 28.2 Å². The Kier molecular flexibility index (Phi) is 7.17. The van der Waals surface area contributed by atoms with E-state index in [1.165, 1.54) is 12.1 Å². The van der Waals surface area contributed by atoms with Gasteiger partial charge in [0.1, 0.15) is 5.75 Å². The summed E-state index contributed by atoms with van der Waals surface area (Å²) in [5.74, 6) is 4.67. The fourth-order valence-electron chi connectivity index (χ4n) is 5.62. The van der Waals surface area contributed by atoms with Crippen molar-refractivity contribution in [1.29, 1.82) is 0 Å². The molecule has 2 aromatic carbocycles. The van der Waals surface area contributed by atoms with Crippen molar-refractivity contribution in [2.75, 3.05) is 19.6 Å². The molecule has 1 saturated carbocycles. The van der Waals surface area contributed by atoms with Crippen LogP contribution in [0.4, 0.5) is 13.2 Å². The predicted octanol–water partition coefficient (Wildman–Crippen LogP) is 3.99. The number of rotatable bonds is 4. The highest BCUT2D eigenvalue weighted by molar-refractivity contribution is 5.94. The van der Waals surface area contributed by atoms with Crippen LogP contribution in [-0.2, 0) is 16.4 Å². The maximum absolute atomic E-state index is 12.7. The number of phenols is 1. The molecule has 5 nitrogen and oxygen atoms in total. The number of aliphatic hydroxyl groups is 1. The number of amides is 1. The average molecular weight is 499 g/mol. The van der Waals surface area contributed by atoms with Crippen molar-refractivity contribution < 1.29 is 28.2 Å². The number of aromatic hydroxyl groups is 1. The molecular weight excluding hydrogens is 469 g/mol. The number of fused-ring (bicyclic) bond motifs is 1. The molecule has 190 valence electrons. The van der Waals surface area contributed by atoms with Crippen LogP contribution < -0.4 is 5.32 Å². The summed E-state index contributed by atoms with van der Waals surface area (Å²) in [6, 6.07) is 11.0. The molecule has 1 saturated heterocycles. The van der Waals surface area contributed by atoms with Gasteiger partial charge in [-0.15, -0.1) is 6.58 Å². The van der Waals surface area contributed by atoms with Gasteiger partial charge in [0.25, 0.3) is 5.91 Å². The molecule has 1 heterocycles. The van der Waals surface area contributed by atoms with Crippen LogP contribution in [0.15, 0.2) is 61.2 Å². The van der Waals surface area contributed by atoms with Gasteiger partial charge in [-0.25, -0.2) is 0 Å². The number of piperidine rings is 1. The zero-order valence-corrected chi connectivity index (χ0v) is 19.8. The molecule has 2 aliphatic rings. The van der Waals surface area contributed by atoms with Crippen LogP contribution in [0.3, 0.4) is 0 Å². The lowest BCUT2D eigenvalue weighted by Crippen LogP contribution is -2.67. The highest BCUT2D eigenvalue weighted by atomic mass is 19.4. The molecule has 0 spiro atoms. The highest BCUT2D eigenvalue weighted by Gasteiger charge is 2.57. The molecule has 8 heteroatoms. The normalized spacial score (nSPS) is 26.3. The number of hydrogen-bond acceptors (Lipinski definition) is 4. The second kappa shape index (κ2) is 10.00. The van der Waals surface area contributed by atoms with E-state index >= 15 is 0 Å². The van der Waals surface area contributed by atoms with E-state index < -0.39 is 28.7 Å². The van der Waals surface area contributed by atoms with E-state index in [2.05, 4.69) is 28.6 Å². The first-order chi connectivity index (χ1) is 17.0. The molecule has 1 amide bonds. The largest absolute Gasteiger partial charge is 0.508 e. The number of hydrogen-bond donors (Lipinski definition) is 3. The second-order valence-electron chi connectivity index (χ2n) is 9.68. The third kappa shape index (κ3) is 5.28. The quantitative estimate of drug-likeness (QED) is 0.440. The van der Waals surface area contributed by atoms with Crippen LogP contribution in [0.2, 0.25) is 0 Å². The first-order valence-electron chi connectivity index (χ1n) is 11.9. The van der Waals surface area contributed by atoms with E-state index in [1.54, 1.807) is 18.2 Å². The van der Waals surface area contributed by atoms with Crippen LogP contribution in [0.1, 0.15) is 42.4 Å². The van der Waals surface area contributed by atoms with Crippen molar-refractivity contribution in [1.82, 2.24) is 10.2 Å². The number of phenolic OH excluding ortho intramolecular Hbond substituents is 1. The molecule has 0 aromatic heterocycles. The van der Waals surface area contributed by atoms with Crippen LogP contribution >= 0.6 is 0 Å². The molecule has 3 N–H and O–H groups in total. The average Bonchev–Trinajstić information content (AvgIpc) is 2.83. The summed E-state index contributed by atoms with van der Waals surface area (Å²) in [7, 11) is 0. The van der Waals surface area contributed by atoms with Crippen molar-refractivity contribution >= 4 is 5.91 Å². The zero-order valence-electron chi connectivity index (χ0n) is 19.8. The van der Waals surface area contributed by atoms with Crippen molar-refractivity contribution in [3.63, 3.8) is 0 Å². The summed E-state index contributed by atoms with van der Waals surface area (Å²) in [6.07, 6.45) is -0.501. The molecule has 1 aliphatic carbocycles. The molecule has 0 unspecified atom stereocenters. The fraction of sp³-hybridized carbons (Fsp3) is 0.393. The van der Waals surface area contributed by atoms with Gasteiger partial charge in [0.15, 0.2) is 0 Å². The van der Waals surface area contributed by atoms with Gasteiger partial charge in [0.2, 0.25) is 0 Å². The van der Waals surface area contributed by atoms with Crippen molar-refractivity contribution in [2.45, 2.75) is 48.9 Å². The maximum Gasteiger partial charge on any atom is 0.416 e. The minimum absolute atomic E-state index is 0.117. The first-order valence-corrected chi connectivity index (χ1v) is 11.9. The Hall–Kier alpha value is -3.28. The lowest BCUT2D eigenvalue weighted by atomic mass is 9.55.